The Morgan fingerprint density at radius 3 is 2.90 bits per heavy atom. The first kappa shape index (κ1) is 15.2. The van der Waals surface area contributed by atoms with Crippen LogP contribution in [-0.4, -0.2) is 34.9 Å². The predicted octanol–water partition coefficient (Wildman–Crippen LogP) is 4.08. The Morgan fingerprint density at radius 1 is 1.27 bits per heavy atom. The first-order valence-corrected chi connectivity index (χ1v) is 9.54. The predicted molar refractivity (Wildman–Crippen MR) is 115 cm³/mol. The van der Waals surface area contributed by atoms with Gasteiger partial charge < -0.3 is 19.8 Å². The molecular formula is C22H21N5O3. The monoisotopic (exact) mass is 406 g/mol. The van der Waals surface area contributed by atoms with E-state index >= 15 is 0 Å². The molecule has 8 heteroatoms. The van der Waals surface area contributed by atoms with Gasteiger partial charge in [0.15, 0.2) is 5.58 Å². The van der Waals surface area contributed by atoms with Crippen LogP contribution < -0.4 is 15.4 Å². The second kappa shape index (κ2) is 6.98. The maximum Gasteiger partial charge on any atom is 0.229 e. The number of oxazole rings is 1. The smallest absolute Gasteiger partial charge is 0.229 e. The molecule has 0 spiro atoms. The van der Waals surface area contributed by atoms with Gasteiger partial charge in [-0.3, -0.25) is 4.79 Å². The van der Waals surface area contributed by atoms with E-state index < -0.39 is 6.98 Å². The molecule has 0 bridgehead atoms. The van der Waals surface area contributed by atoms with Crippen LogP contribution in [0.15, 0.2) is 41.1 Å². The van der Waals surface area contributed by atoms with Gasteiger partial charge in [0.05, 0.1) is 12.7 Å². The van der Waals surface area contributed by atoms with Crippen molar-refractivity contribution in [3.63, 3.8) is 0 Å². The molecular weight excluding hydrogens is 382 g/mol. The van der Waals surface area contributed by atoms with E-state index in [0.29, 0.717) is 50.8 Å². The van der Waals surface area contributed by atoms with Crippen molar-refractivity contribution in [2.45, 2.75) is 13.3 Å². The summed E-state index contributed by atoms with van der Waals surface area (Å²) in [5, 5.41) is 6.32. The number of nitrogens with zero attached hydrogens (tertiary/aromatic N) is 3. The number of hydrogen-bond acceptors (Lipinski definition) is 7. The summed E-state index contributed by atoms with van der Waals surface area (Å²) >= 11 is 0. The zero-order chi connectivity index (χ0) is 23.3. The number of carbonyl (C=O) groups excluding carboxylic acids is 1. The van der Waals surface area contributed by atoms with Crippen molar-refractivity contribution in [2.24, 2.45) is 11.8 Å². The molecule has 4 aromatic rings. The number of anilines is 2. The normalized spacial score (nSPS) is 19.7. The highest BCUT2D eigenvalue weighted by Gasteiger charge is 2.39. The standard InChI is InChI=1S/C22H21N5O3/c1-11-6-13(11)21(28)27-19-8-14-15(9-24-19)20(23-2)25-10-16(14)22-26-17-7-12(29-3)4-5-18(17)30-22/h4-5,7-11,13H,6H2,1-3H3,(H,23,25)(H,24,27,28)/t11-,13+/m1/s1/i2D3. The van der Waals surface area contributed by atoms with Crippen LogP contribution in [0.2, 0.25) is 0 Å². The summed E-state index contributed by atoms with van der Waals surface area (Å²) in [7, 11) is 1.57. The number of rotatable bonds is 5. The molecule has 0 aliphatic heterocycles. The van der Waals surface area contributed by atoms with Crippen LogP contribution >= 0.6 is 0 Å². The number of ether oxygens (including phenoxy) is 1. The molecule has 2 N–H and O–H groups in total. The lowest BCUT2D eigenvalue weighted by atomic mass is 10.1. The molecule has 0 radical (unpaired) electrons. The molecule has 1 aromatic carbocycles. The Hall–Kier alpha value is -3.68. The molecule has 1 aliphatic carbocycles. The fraction of sp³-hybridized carbons (Fsp3) is 0.273. The summed E-state index contributed by atoms with van der Waals surface area (Å²) in [5.74, 6) is 1.71. The lowest BCUT2D eigenvalue weighted by Crippen LogP contribution is -2.15. The average Bonchev–Trinajstić information content (AvgIpc) is 3.35. The van der Waals surface area contributed by atoms with Gasteiger partial charge in [-0.05, 0) is 30.5 Å². The SMILES string of the molecule is [2H]C([2H])([2H])Nc1ncc(-c2nc3cc(OC)ccc3o2)c2cc(NC(=O)[C@H]3C[C@H]3C)ncc12. The molecule has 1 amide bonds. The molecule has 1 aliphatic rings. The highest BCUT2D eigenvalue weighted by Crippen LogP contribution is 2.39. The molecule has 2 atom stereocenters. The van der Waals surface area contributed by atoms with Gasteiger partial charge >= 0.3 is 0 Å². The maximum atomic E-state index is 12.4. The van der Waals surface area contributed by atoms with Crippen molar-refractivity contribution < 1.29 is 18.1 Å². The summed E-state index contributed by atoms with van der Waals surface area (Å²) < 4.78 is 33.8. The van der Waals surface area contributed by atoms with Gasteiger partial charge in [0, 0.05) is 46.2 Å². The summed E-state index contributed by atoms with van der Waals surface area (Å²) in [5.41, 5.74) is 1.70. The Balaban J connectivity index is 1.62. The van der Waals surface area contributed by atoms with Crippen LogP contribution in [0.1, 0.15) is 17.5 Å². The van der Waals surface area contributed by atoms with Gasteiger partial charge in [-0.2, -0.15) is 0 Å². The molecule has 3 heterocycles. The summed E-state index contributed by atoms with van der Waals surface area (Å²) in [6, 6.07) is 6.96. The molecule has 5 rings (SSSR count). The third-order valence-electron chi connectivity index (χ3n) is 5.41. The lowest BCUT2D eigenvalue weighted by Gasteiger charge is -2.10. The van der Waals surface area contributed by atoms with Crippen molar-refractivity contribution in [3.8, 4) is 17.2 Å². The van der Waals surface area contributed by atoms with Crippen molar-refractivity contribution in [1.82, 2.24) is 15.0 Å². The van der Waals surface area contributed by atoms with Gasteiger partial charge in [-0.1, -0.05) is 6.92 Å². The second-order valence-corrected chi connectivity index (χ2v) is 7.42. The minimum atomic E-state index is -2.44. The first-order chi connectivity index (χ1) is 15.7. The molecule has 30 heavy (non-hydrogen) atoms. The van der Waals surface area contributed by atoms with Crippen molar-refractivity contribution in [2.75, 3.05) is 24.7 Å². The molecule has 1 saturated carbocycles. The number of carbonyl (C=O) groups is 1. The van der Waals surface area contributed by atoms with Gasteiger partial charge in [0.25, 0.3) is 0 Å². The topological polar surface area (TPSA) is 102 Å². The highest BCUT2D eigenvalue weighted by molar-refractivity contribution is 6.03. The molecule has 0 saturated heterocycles. The fourth-order valence-corrected chi connectivity index (χ4v) is 3.53. The van der Waals surface area contributed by atoms with E-state index in [-0.39, 0.29) is 17.6 Å². The van der Waals surface area contributed by atoms with Gasteiger partial charge in [-0.25, -0.2) is 15.0 Å². The Kier molecular flexibility index (Phi) is 3.54. The van der Waals surface area contributed by atoms with E-state index in [0.717, 1.165) is 6.42 Å². The minimum Gasteiger partial charge on any atom is -0.497 e. The molecule has 0 unspecified atom stereocenters. The van der Waals surface area contributed by atoms with Crippen LogP contribution in [0.3, 0.4) is 0 Å². The lowest BCUT2D eigenvalue weighted by molar-refractivity contribution is -0.117. The molecule has 8 nitrogen and oxygen atoms in total. The number of methoxy groups -OCH3 is 1. The summed E-state index contributed by atoms with van der Waals surface area (Å²) in [6.07, 6.45) is 3.83. The second-order valence-electron chi connectivity index (χ2n) is 7.42. The van der Waals surface area contributed by atoms with E-state index in [1.54, 1.807) is 31.4 Å². The van der Waals surface area contributed by atoms with Gasteiger partial charge in [0.1, 0.15) is 22.9 Å². The summed E-state index contributed by atoms with van der Waals surface area (Å²) in [6.45, 7) is -0.415. The van der Waals surface area contributed by atoms with Crippen LogP contribution in [-0.2, 0) is 4.79 Å². The quantitative estimate of drug-likeness (QED) is 0.515. The largest absolute Gasteiger partial charge is 0.497 e. The zero-order valence-corrected chi connectivity index (χ0v) is 16.4. The van der Waals surface area contributed by atoms with Crippen LogP contribution in [0, 0.1) is 11.8 Å². The molecule has 1 fully saturated rings. The number of fused-ring (bicyclic) bond motifs is 2. The van der Waals surface area contributed by atoms with E-state index in [2.05, 4.69) is 25.6 Å². The molecule has 152 valence electrons. The minimum absolute atomic E-state index is 0.0146. The van der Waals surface area contributed by atoms with Crippen molar-refractivity contribution >= 4 is 39.4 Å². The number of aromatic nitrogens is 3. The fourth-order valence-electron chi connectivity index (χ4n) is 3.53. The third kappa shape index (κ3) is 3.10. The van der Waals surface area contributed by atoms with E-state index in [9.17, 15) is 4.79 Å². The summed E-state index contributed by atoms with van der Waals surface area (Å²) in [4.78, 5) is 25.6. The number of benzene rings is 1. The van der Waals surface area contributed by atoms with Gasteiger partial charge in [0.2, 0.25) is 11.8 Å². The van der Waals surface area contributed by atoms with E-state index in [1.165, 1.54) is 12.4 Å². The maximum absolute atomic E-state index is 12.4. The third-order valence-corrected chi connectivity index (χ3v) is 5.41. The average molecular weight is 406 g/mol. The Morgan fingerprint density at radius 2 is 2.13 bits per heavy atom. The van der Waals surface area contributed by atoms with Crippen LogP contribution in [0.25, 0.3) is 33.3 Å². The number of pyridine rings is 2. The number of amides is 1. The molecule has 3 aromatic heterocycles. The van der Waals surface area contributed by atoms with E-state index in [4.69, 9.17) is 13.3 Å². The van der Waals surface area contributed by atoms with E-state index in [1.807, 2.05) is 6.92 Å². The number of nitrogens with one attached hydrogen (secondary N) is 2. The highest BCUT2D eigenvalue weighted by atomic mass is 16.5. The van der Waals surface area contributed by atoms with Crippen molar-refractivity contribution in [3.05, 3.63) is 36.7 Å². The first-order valence-electron chi connectivity index (χ1n) is 11.0. The zero-order valence-electron chi connectivity index (χ0n) is 19.4. The Labute approximate surface area is 176 Å². The number of hydrogen-bond donors (Lipinski definition) is 2. The van der Waals surface area contributed by atoms with Crippen LogP contribution in [0.4, 0.5) is 11.6 Å². The van der Waals surface area contributed by atoms with Crippen LogP contribution in [0.5, 0.6) is 5.75 Å². The van der Waals surface area contributed by atoms with Crippen molar-refractivity contribution in [1.29, 1.82) is 0 Å². The van der Waals surface area contributed by atoms with Gasteiger partial charge in [-0.15, -0.1) is 0 Å². The Bertz CT molecular complexity index is 1390.